The summed E-state index contributed by atoms with van der Waals surface area (Å²) >= 11 is 0. The van der Waals surface area contributed by atoms with E-state index in [0.717, 1.165) is 6.42 Å². The van der Waals surface area contributed by atoms with E-state index in [2.05, 4.69) is 5.32 Å². The molecule has 0 radical (unpaired) electrons. The Morgan fingerprint density at radius 3 is 2.52 bits per heavy atom. The van der Waals surface area contributed by atoms with E-state index < -0.39 is 6.04 Å². The summed E-state index contributed by atoms with van der Waals surface area (Å²) in [6.07, 6.45) is 2.28. The largest absolute Gasteiger partial charge is 0.340 e. The summed E-state index contributed by atoms with van der Waals surface area (Å²) in [7, 11) is 0. The lowest BCUT2D eigenvalue weighted by Gasteiger charge is -2.10. The van der Waals surface area contributed by atoms with E-state index in [4.69, 9.17) is 5.26 Å². The lowest BCUT2D eigenvalue weighted by molar-refractivity contribution is -0.121. The molecule has 0 saturated heterocycles. The van der Waals surface area contributed by atoms with Gasteiger partial charge in [-0.05, 0) is 37.1 Å². The molecule has 0 fully saturated rings. The van der Waals surface area contributed by atoms with E-state index in [9.17, 15) is 14.0 Å². The Hall–Kier alpha value is -2.22. The Bertz CT molecular complexity index is 520. The zero-order chi connectivity index (χ0) is 15.7. The second kappa shape index (κ2) is 8.85. The van der Waals surface area contributed by atoms with Gasteiger partial charge in [0.05, 0.1) is 6.07 Å². The van der Waals surface area contributed by atoms with Crippen molar-refractivity contribution < 1.29 is 14.0 Å². The maximum Gasteiger partial charge on any atom is 0.221 e. The van der Waals surface area contributed by atoms with Crippen LogP contribution >= 0.6 is 0 Å². The van der Waals surface area contributed by atoms with Gasteiger partial charge in [0.1, 0.15) is 11.9 Å². The minimum absolute atomic E-state index is 0.117. The van der Waals surface area contributed by atoms with Crippen LogP contribution in [0.1, 0.15) is 49.4 Å². The zero-order valence-corrected chi connectivity index (χ0v) is 12.1. The summed E-state index contributed by atoms with van der Waals surface area (Å²) in [5.74, 6) is -0.723. The number of carbonyl (C=O) groups excluding carboxylic acids is 2. The molecule has 0 aliphatic carbocycles. The zero-order valence-electron chi connectivity index (χ0n) is 12.1. The van der Waals surface area contributed by atoms with Gasteiger partial charge in [0.25, 0.3) is 0 Å². The average Bonchev–Trinajstić information content (AvgIpc) is 2.47. The molecule has 0 aliphatic rings. The smallest absolute Gasteiger partial charge is 0.221 e. The predicted octanol–water partition coefficient (Wildman–Crippen LogP) is 2.99. The van der Waals surface area contributed by atoms with E-state index in [0.29, 0.717) is 18.4 Å². The van der Waals surface area contributed by atoms with Crippen molar-refractivity contribution >= 4 is 11.7 Å². The number of Topliss-reactive ketones (excluding diaryl/α,β-unsaturated/α-hetero) is 1. The summed E-state index contributed by atoms with van der Waals surface area (Å²) in [6, 6.07) is 6.91. The standard InChI is InChI=1S/C16H19FN2O2/c1-2-4-14(11-18)19-16(21)6-3-5-15(20)12-7-9-13(17)10-8-12/h7-10,14H,2-6H2,1H3,(H,19,21)/t14-/m1/s1. The van der Waals surface area contributed by atoms with Crippen LogP contribution in [0.3, 0.4) is 0 Å². The van der Waals surface area contributed by atoms with Crippen LogP contribution in [0.15, 0.2) is 24.3 Å². The molecule has 1 amide bonds. The number of nitrogens with one attached hydrogen (secondary N) is 1. The second-order valence-electron chi connectivity index (χ2n) is 4.82. The third-order valence-corrected chi connectivity index (χ3v) is 3.04. The van der Waals surface area contributed by atoms with E-state index in [1.807, 2.05) is 13.0 Å². The molecule has 1 rings (SSSR count). The molecule has 21 heavy (non-hydrogen) atoms. The van der Waals surface area contributed by atoms with Crippen molar-refractivity contribution in [1.29, 1.82) is 5.26 Å². The molecule has 1 aromatic rings. The summed E-state index contributed by atoms with van der Waals surface area (Å²) in [4.78, 5) is 23.4. The molecule has 1 aromatic carbocycles. The van der Waals surface area contributed by atoms with Crippen LogP contribution in [-0.2, 0) is 4.79 Å². The molecule has 0 aliphatic heterocycles. The number of carbonyl (C=O) groups is 2. The number of halogens is 1. The molecule has 0 unspecified atom stereocenters. The van der Waals surface area contributed by atoms with Gasteiger partial charge in [0, 0.05) is 18.4 Å². The van der Waals surface area contributed by atoms with Crippen molar-refractivity contribution in [1.82, 2.24) is 5.32 Å². The Balaban J connectivity index is 2.33. The lowest BCUT2D eigenvalue weighted by Crippen LogP contribution is -2.33. The highest BCUT2D eigenvalue weighted by Crippen LogP contribution is 2.08. The minimum Gasteiger partial charge on any atom is -0.340 e. The number of nitrogens with zero attached hydrogens (tertiary/aromatic N) is 1. The monoisotopic (exact) mass is 290 g/mol. The summed E-state index contributed by atoms with van der Waals surface area (Å²) in [5, 5.41) is 11.5. The van der Waals surface area contributed by atoms with Gasteiger partial charge in [0.15, 0.2) is 5.78 Å². The molecule has 4 nitrogen and oxygen atoms in total. The summed E-state index contributed by atoms with van der Waals surface area (Å²) in [5.41, 5.74) is 0.442. The van der Waals surface area contributed by atoms with Crippen LogP contribution in [0, 0.1) is 17.1 Å². The van der Waals surface area contributed by atoms with Crippen LogP contribution in [0.25, 0.3) is 0 Å². The molecule has 1 N–H and O–H groups in total. The number of benzene rings is 1. The summed E-state index contributed by atoms with van der Waals surface area (Å²) < 4.78 is 12.7. The van der Waals surface area contributed by atoms with Crippen molar-refractivity contribution in [3.05, 3.63) is 35.6 Å². The third-order valence-electron chi connectivity index (χ3n) is 3.04. The van der Waals surface area contributed by atoms with Crippen molar-refractivity contribution in [2.45, 2.75) is 45.1 Å². The number of ketones is 1. The highest BCUT2D eigenvalue weighted by molar-refractivity contribution is 5.96. The number of rotatable bonds is 8. The maximum atomic E-state index is 12.7. The number of hydrogen-bond acceptors (Lipinski definition) is 3. The molecule has 5 heteroatoms. The predicted molar refractivity (Wildman–Crippen MR) is 77.0 cm³/mol. The first-order valence-electron chi connectivity index (χ1n) is 7.04. The van der Waals surface area contributed by atoms with Gasteiger partial charge >= 0.3 is 0 Å². The number of hydrogen-bond donors (Lipinski definition) is 1. The van der Waals surface area contributed by atoms with E-state index >= 15 is 0 Å². The minimum atomic E-state index is -0.463. The Morgan fingerprint density at radius 1 is 1.29 bits per heavy atom. The highest BCUT2D eigenvalue weighted by atomic mass is 19.1. The average molecular weight is 290 g/mol. The van der Waals surface area contributed by atoms with E-state index in [1.165, 1.54) is 24.3 Å². The maximum absolute atomic E-state index is 12.7. The van der Waals surface area contributed by atoms with Crippen molar-refractivity contribution in [2.24, 2.45) is 0 Å². The molecule has 0 aromatic heterocycles. The molecule has 1 atom stereocenters. The molecule has 0 heterocycles. The first-order valence-corrected chi connectivity index (χ1v) is 7.04. The van der Waals surface area contributed by atoms with Crippen molar-refractivity contribution in [3.8, 4) is 6.07 Å². The van der Waals surface area contributed by atoms with Gasteiger partial charge in [-0.25, -0.2) is 4.39 Å². The van der Waals surface area contributed by atoms with Gasteiger partial charge in [0.2, 0.25) is 5.91 Å². The normalized spacial score (nSPS) is 11.5. The third kappa shape index (κ3) is 6.17. The molecular weight excluding hydrogens is 271 g/mol. The van der Waals surface area contributed by atoms with Crippen molar-refractivity contribution in [3.63, 3.8) is 0 Å². The topological polar surface area (TPSA) is 70.0 Å². The molecular formula is C16H19FN2O2. The van der Waals surface area contributed by atoms with Gasteiger partial charge in [-0.1, -0.05) is 13.3 Å². The van der Waals surface area contributed by atoms with Gasteiger partial charge in [-0.2, -0.15) is 5.26 Å². The molecule has 112 valence electrons. The second-order valence-corrected chi connectivity index (χ2v) is 4.82. The van der Waals surface area contributed by atoms with Gasteiger partial charge in [-0.3, -0.25) is 9.59 Å². The molecule has 0 spiro atoms. The first-order chi connectivity index (χ1) is 10.1. The summed E-state index contributed by atoms with van der Waals surface area (Å²) in [6.45, 7) is 1.94. The fourth-order valence-corrected chi connectivity index (χ4v) is 1.91. The number of nitriles is 1. The SMILES string of the molecule is CCC[C@H](C#N)NC(=O)CCCC(=O)c1ccc(F)cc1. The van der Waals surface area contributed by atoms with Crippen LogP contribution in [0.4, 0.5) is 4.39 Å². The van der Waals surface area contributed by atoms with Gasteiger partial charge < -0.3 is 5.32 Å². The van der Waals surface area contributed by atoms with E-state index in [-0.39, 0.29) is 30.3 Å². The Morgan fingerprint density at radius 2 is 1.95 bits per heavy atom. The Kier molecular flexibility index (Phi) is 7.10. The fourth-order valence-electron chi connectivity index (χ4n) is 1.91. The van der Waals surface area contributed by atoms with Crippen LogP contribution in [-0.4, -0.2) is 17.7 Å². The van der Waals surface area contributed by atoms with E-state index in [1.54, 1.807) is 0 Å². The molecule has 0 bridgehead atoms. The van der Waals surface area contributed by atoms with Crippen LogP contribution in [0.5, 0.6) is 0 Å². The molecule has 0 saturated carbocycles. The van der Waals surface area contributed by atoms with Gasteiger partial charge in [-0.15, -0.1) is 0 Å². The van der Waals surface area contributed by atoms with Crippen LogP contribution < -0.4 is 5.32 Å². The van der Waals surface area contributed by atoms with Crippen LogP contribution in [0.2, 0.25) is 0 Å². The fraction of sp³-hybridized carbons (Fsp3) is 0.438. The quantitative estimate of drug-likeness (QED) is 0.748. The lowest BCUT2D eigenvalue weighted by atomic mass is 10.1. The first kappa shape index (κ1) is 16.8. The Labute approximate surface area is 124 Å². The number of amides is 1. The van der Waals surface area contributed by atoms with Crippen molar-refractivity contribution in [2.75, 3.05) is 0 Å². The highest BCUT2D eigenvalue weighted by Gasteiger charge is 2.11.